The van der Waals surface area contributed by atoms with Gasteiger partial charge in [-0.05, 0) is 32.0 Å². The van der Waals surface area contributed by atoms with Crippen LogP contribution >= 0.6 is 0 Å². The fourth-order valence-electron chi connectivity index (χ4n) is 3.62. The van der Waals surface area contributed by atoms with Gasteiger partial charge in [0.25, 0.3) is 5.91 Å². The largest absolute Gasteiger partial charge is 0.336 e. The van der Waals surface area contributed by atoms with Crippen molar-refractivity contribution in [3.8, 4) is 0 Å². The molecule has 0 bridgehead atoms. The first-order valence-electron chi connectivity index (χ1n) is 9.77. The molecule has 2 heterocycles. The summed E-state index contributed by atoms with van der Waals surface area (Å²) in [6.07, 6.45) is 0. The molecule has 32 heavy (non-hydrogen) atoms. The molecule has 7 nitrogen and oxygen atoms in total. The molecule has 0 spiro atoms. The molecule has 0 N–H and O–H groups in total. The van der Waals surface area contributed by atoms with E-state index in [-0.39, 0.29) is 42.8 Å². The van der Waals surface area contributed by atoms with Crippen LogP contribution in [0.3, 0.4) is 0 Å². The summed E-state index contributed by atoms with van der Waals surface area (Å²) in [4.78, 5) is 22.1. The van der Waals surface area contributed by atoms with Gasteiger partial charge in [-0.2, -0.15) is 4.31 Å². The number of fused-ring (bicyclic) bond motifs is 1. The van der Waals surface area contributed by atoms with Crippen molar-refractivity contribution in [2.24, 2.45) is 0 Å². The van der Waals surface area contributed by atoms with Gasteiger partial charge in [-0.15, -0.1) is 0 Å². The van der Waals surface area contributed by atoms with E-state index in [9.17, 15) is 26.4 Å². The van der Waals surface area contributed by atoms with E-state index in [2.05, 4.69) is 9.97 Å². The minimum absolute atomic E-state index is 0.0204. The normalized spacial score (nSPS) is 15.3. The lowest BCUT2D eigenvalue weighted by Crippen LogP contribution is -2.50. The second kappa shape index (κ2) is 8.14. The van der Waals surface area contributed by atoms with Crippen molar-refractivity contribution in [3.05, 3.63) is 64.7 Å². The zero-order valence-corrected chi connectivity index (χ0v) is 18.1. The number of rotatable bonds is 3. The first-order chi connectivity index (χ1) is 15.1. The third-order valence-electron chi connectivity index (χ3n) is 5.42. The summed E-state index contributed by atoms with van der Waals surface area (Å²) < 4.78 is 68.6. The fourth-order valence-corrected chi connectivity index (χ4v) is 5.15. The monoisotopic (exact) mass is 464 g/mol. The van der Waals surface area contributed by atoms with Gasteiger partial charge in [-0.25, -0.2) is 31.6 Å². The summed E-state index contributed by atoms with van der Waals surface area (Å²) in [6, 6.07) is 5.09. The van der Waals surface area contributed by atoms with Crippen molar-refractivity contribution >= 4 is 27.0 Å². The molecule has 1 amide bonds. The van der Waals surface area contributed by atoms with Gasteiger partial charge in [-0.3, -0.25) is 4.79 Å². The Balaban J connectivity index is 1.59. The summed E-state index contributed by atoms with van der Waals surface area (Å²) in [6.45, 7) is 3.05. The zero-order valence-electron chi connectivity index (χ0n) is 17.3. The first-order valence-corrected chi connectivity index (χ1v) is 11.2. The summed E-state index contributed by atoms with van der Waals surface area (Å²) >= 11 is 0. The molecule has 1 saturated heterocycles. The molecule has 1 aliphatic heterocycles. The molecule has 4 rings (SSSR count). The van der Waals surface area contributed by atoms with Crippen LogP contribution in [-0.4, -0.2) is 59.7 Å². The highest BCUT2D eigenvalue weighted by molar-refractivity contribution is 7.89. The summed E-state index contributed by atoms with van der Waals surface area (Å²) in [7, 11) is -4.43. The predicted octanol–water partition coefficient (Wildman–Crippen LogP) is 2.81. The minimum atomic E-state index is -4.43. The Morgan fingerprint density at radius 2 is 1.53 bits per heavy atom. The lowest BCUT2D eigenvalue weighted by atomic mass is 10.1. The smallest absolute Gasteiger partial charge is 0.256 e. The molecule has 3 aromatic rings. The van der Waals surface area contributed by atoms with E-state index >= 15 is 0 Å². The van der Waals surface area contributed by atoms with Crippen LogP contribution in [0.25, 0.3) is 11.0 Å². The number of hydrogen-bond donors (Lipinski definition) is 0. The SMILES string of the molecule is Cc1nc2cc(F)cc(C(=O)N3CCN(S(=O)(=O)c4c(F)cccc4F)CC3)c2nc1C. The Hall–Kier alpha value is -3.05. The molecule has 1 fully saturated rings. The molecular formula is C21H19F3N4O3S. The summed E-state index contributed by atoms with van der Waals surface area (Å²) in [5.41, 5.74) is 1.73. The second-order valence-electron chi connectivity index (χ2n) is 7.46. The second-order valence-corrected chi connectivity index (χ2v) is 9.34. The quantitative estimate of drug-likeness (QED) is 0.595. The van der Waals surface area contributed by atoms with E-state index in [1.807, 2.05) is 0 Å². The molecule has 1 aromatic heterocycles. The topological polar surface area (TPSA) is 83.5 Å². The van der Waals surface area contributed by atoms with Gasteiger partial charge in [0.2, 0.25) is 10.0 Å². The maximum Gasteiger partial charge on any atom is 0.256 e. The number of carbonyl (C=O) groups is 1. The molecule has 2 aromatic carbocycles. The number of aryl methyl sites for hydroxylation is 2. The zero-order chi connectivity index (χ0) is 23.2. The molecule has 0 radical (unpaired) electrons. The number of piperazine rings is 1. The molecule has 1 aliphatic rings. The summed E-state index contributed by atoms with van der Waals surface area (Å²) in [5.74, 6) is -3.53. The average Bonchev–Trinajstić information content (AvgIpc) is 2.74. The Kier molecular flexibility index (Phi) is 5.63. The standard InChI is InChI=1S/C21H19F3N4O3S/c1-12-13(2)26-19-15(10-14(22)11-18(19)25-12)21(29)27-6-8-28(9-7-27)32(30,31)20-16(23)4-3-5-17(20)24/h3-5,10-11H,6-9H2,1-2H3. The summed E-state index contributed by atoms with van der Waals surface area (Å²) in [5, 5.41) is 0. The highest BCUT2D eigenvalue weighted by Crippen LogP contribution is 2.25. The molecule has 0 unspecified atom stereocenters. The average molecular weight is 464 g/mol. The minimum Gasteiger partial charge on any atom is -0.336 e. The van der Waals surface area contributed by atoms with Crippen LogP contribution in [0.15, 0.2) is 35.2 Å². The van der Waals surface area contributed by atoms with Crippen LogP contribution in [0.1, 0.15) is 21.7 Å². The first kappa shape index (κ1) is 22.2. The lowest BCUT2D eigenvalue weighted by Gasteiger charge is -2.34. The Bertz CT molecular complexity index is 1320. The van der Waals surface area contributed by atoms with Crippen LogP contribution < -0.4 is 0 Å². The highest BCUT2D eigenvalue weighted by Gasteiger charge is 2.34. The van der Waals surface area contributed by atoms with Crippen molar-refractivity contribution in [2.75, 3.05) is 26.2 Å². The number of aromatic nitrogens is 2. The molecule has 11 heteroatoms. The van der Waals surface area contributed by atoms with Crippen molar-refractivity contribution in [2.45, 2.75) is 18.7 Å². The Labute approximate surface area is 182 Å². The number of carbonyl (C=O) groups excluding carboxylic acids is 1. The van der Waals surface area contributed by atoms with Crippen LogP contribution in [-0.2, 0) is 10.0 Å². The van der Waals surface area contributed by atoms with E-state index in [1.165, 1.54) is 11.0 Å². The fraction of sp³-hybridized carbons (Fsp3) is 0.286. The number of sulfonamides is 1. The molecule has 0 aliphatic carbocycles. The van der Waals surface area contributed by atoms with E-state index in [1.54, 1.807) is 13.8 Å². The predicted molar refractivity (Wildman–Crippen MR) is 110 cm³/mol. The molecule has 0 saturated carbocycles. The third-order valence-corrected chi connectivity index (χ3v) is 7.37. The van der Waals surface area contributed by atoms with Crippen molar-refractivity contribution < 1.29 is 26.4 Å². The van der Waals surface area contributed by atoms with Crippen LogP contribution in [0.4, 0.5) is 13.2 Å². The molecule has 168 valence electrons. The van der Waals surface area contributed by atoms with Gasteiger partial charge in [0.1, 0.15) is 23.0 Å². The van der Waals surface area contributed by atoms with Crippen molar-refractivity contribution in [1.82, 2.24) is 19.2 Å². The van der Waals surface area contributed by atoms with Gasteiger partial charge in [0.05, 0.1) is 22.5 Å². The van der Waals surface area contributed by atoms with Gasteiger partial charge in [-0.1, -0.05) is 6.07 Å². The van der Waals surface area contributed by atoms with Crippen LogP contribution in [0.2, 0.25) is 0 Å². The van der Waals surface area contributed by atoms with E-state index in [0.29, 0.717) is 11.4 Å². The van der Waals surface area contributed by atoms with Gasteiger partial charge >= 0.3 is 0 Å². The molecular weight excluding hydrogens is 445 g/mol. The maximum atomic E-state index is 14.1. The molecule has 0 atom stereocenters. The van der Waals surface area contributed by atoms with E-state index in [4.69, 9.17) is 0 Å². The van der Waals surface area contributed by atoms with Gasteiger partial charge in [0, 0.05) is 32.2 Å². The van der Waals surface area contributed by atoms with Crippen LogP contribution in [0, 0.1) is 31.3 Å². The van der Waals surface area contributed by atoms with Gasteiger partial charge in [0.15, 0.2) is 4.90 Å². The number of benzene rings is 2. The van der Waals surface area contributed by atoms with Crippen molar-refractivity contribution in [3.63, 3.8) is 0 Å². The van der Waals surface area contributed by atoms with E-state index in [0.717, 1.165) is 28.6 Å². The number of hydrogen-bond acceptors (Lipinski definition) is 5. The Morgan fingerprint density at radius 3 is 2.16 bits per heavy atom. The third kappa shape index (κ3) is 3.82. The maximum absolute atomic E-state index is 14.1. The van der Waals surface area contributed by atoms with E-state index < -0.39 is 38.3 Å². The number of amides is 1. The van der Waals surface area contributed by atoms with Crippen molar-refractivity contribution in [1.29, 1.82) is 0 Å². The van der Waals surface area contributed by atoms with Gasteiger partial charge < -0.3 is 4.90 Å². The Morgan fingerprint density at radius 1 is 0.938 bits per heavy atom. The van der Waals surface area contributed by atoms with Crippen LogP contribution in [0.5, 0.6) is 0 Å². The number of halogens is 3. The lowest BCUT2D eigenvalue weighted by molar-refractivity contribution is 0.0699. The highest BCUT2D eigenvalue weighted by atomic mass is 32.2. The number of nitrogens with zero attached hydrogens (tertiary/aromatic N) is 4.